The number of aliphatic hydroxyl groups is 1. The maximum atomic E-state index is 9.22. The Morgan fingerprint density at radius 1 is 1.50 bits per heavy atom. The zero-order valence-corrected chi connectivity index (χ0v) is 9.42. The van der Waals surface area contributed by atoms with E-state index in [1.165, 1.54) is 12.8 Å². The lowest BCUT2D eigenvalue weighted by Crippen LogP contribution is -2.48. The quantitative estimate of drug-likeness (QED) is 0.613. The molecule has 0 saturated carbocycles. The fourth-order valence-electron chi connectivity index (χ4n) is 2.09. The molecule has 0 amide bonds. The Labute approximate surface area is 87.3 Å². The summed E-state index contributed by atoms with van der Waals surface area (Å²) in [6.07, 6.45) is 3.55. The fraction of sp³-hybridized carbons (Fsp3) is 1.00. The Bertz CT molecular complexity index is 144. The molecule has 0 bridgehead atoms. The summed E-state index contributed by atoms with van der Waals surface area (Å²) in [6.45, 7) is 6.85. The number of hydrogen-bond acceptors (Lipinski definition) is 3. The highest BCUT2D eigenvalue weighted by atomic mass is 16.3. The Balaban J connectivity index is 2.23. The standard InChI is InChI=1S/C11H24N2O/c1-9(2)6-11(8-14)13-10-4-3-5-12-7-10/h9-14H,3-8H2,1-2H3. The second-order valence-electron chi connectivity index (χ2n) is 4.72. The first-order valence-corrected chi connectivity index (χ1v) is 5.80. The second kappa shape index (κ2) is 6.38. The van der Waals surface area contributed by atoms with Gasteiger partial charge in [0, 0.05) is 18.6 Å². The van der Waals surface area contributed by atoms with Crippen LogP contribution in [0.2, 0.25) is 0 Å². The fourth-order valence-corrected chi connectivity index (χ4v) is 2.09. The molecule has 0 radical (unpaired) electrons. The molecule has 1 heterocycles. The van der Waals surface area contributed by atoms with Gasteiger partial charge in [-0.3, -0.25) is 0 Å². The van der Waals surface area contributed by atoms with Crippen LogP contribution < -0.4 is 10.6 Å². The zero-order chi connectivity index (χ0) is 10.4. The molecule has 0 aromatic rings. The lowest BCUT2D eigenvalue weighted by atomic mass is 10.0. The van der Waals surface area contributed by atoms with Gasteiger partial charge in [-0.1, -0.05) is 13.8 Å². The smallest absolute Gasteiger partial charge is 0.0584 e. The number of aliphatic hydroxyl groups excluding tert-OH is 1. The van der Waals surface area contributed by atoms with Crippen molar-refractivity contribution in [2.45, 2.75) is 45.2 Å². The van der Waals surface area contributed by atoms with E-state index in [4.69, 9.17) is 0 Å². The molecule has 1 saturated heterocycles. The maximum absolute atomic E-state index is 9.22. The van der Waals surface area contributed by atoms with Gasteiger partial charge >= 0.3 is 0 Å². The summed E-state index contributed by atoms with van der Waals surface area (Å²) in [6, 6.07) is 0.833. The van der Waals surface area contributed by atoms with Crippen LogP contribution in [0.1, 0.15) is 33.1 Å². The van der Waals surface area contributed by atoms with Gasteiger partial charge in [-0.15, -0.1) is 0 Å². The summed E-state index contributed by atoms with van der Waals surface area (Å²) in [5, 5.41) is 16.1. The van der Waals surface area contributed by atoms with Crippen LogP contribution in [0, 0.1) is 5.92 Å². The predicted molar refractivity (Wildman–Crippen MR) is 59.4 cm³/mol. The highest BCUT2D eigenvalue weighted by Crippen LogP contribution is 2.08. The normalized spacial score (nSPS) is 25.3. The second-order valence-corrected chi connectivity index (χ2v) is 4.72. The van der Waals surface area contributed by atoms with Crippen molar-refractivity contribution >= 4 is 0 Å². The van der Waals surface area contributed by atoms with Crippen molar-refractivity contribution in [1.82, 2.24) is 10.6 Å². The van der Waals surface area contributed by atoms with E-state index in [1.807, 2.05) is 0 Å². The Morgan fingerprint density at radius 2 is 2.29 bits per heavy atom. The molecule has 1 fully saturated rings. The van der Waals surface area contributed by atoms with Crippen LogP contribution in [-0.2, 0) is 0 Å². The third-order valence-electron chi connectivity index (χ3n) is 2.74. The predicted octanol–water partition coefficient (Wildman–Crippen LogP) is 0.735. The molecule has 1 aliphatic heterocycles. The molecule has 1 aliphatic rings. The van der Waals surface area contributed by atoms with Crippen LogP contribution in [0.5, 0.6) is 0 Å². The number of hydrogen-bond donors (Lipinski definition) is 3. The van der Waals surface area contributed by atoms with Crippen molar-refractivity contribution in [3.05, 3.63) is 0 Å². The molecule has 2 atom stereocenters. The van der Waals surface area contributed by atoms with Gasteiger partial charge in [0.1, 0.15) is 0 Å². The molecule has 3 N–H and O–H groups in total. The average molecular weight is 200 g/mol. The minimum Gasteiger partial charge on any atom is -0.395 e. The van der Waals surface area contributed by atoms with Crippen LogP contribution in [0.4, 0.5) is 0 Å². The van der Waals surface area contributed by atoms with E-state index < -0.39 is 0 Å². The average Bonchev–Trinajstić information content (AvgIpc) is 2.17. The molecule has 2 unspecified atom stereocenters. The van der Waals surface area contributed by atoms with Crippen molar-refractivity contribution in [1.29, 1.82) is 0 Å². The van der Waals surface area contributed by atoms with Crippen molar-refractivity contribution in [3.63, 3.8) is 0 Å². The summed E-state index contributed by atoms with van der Waals surface area (Å²) < 4.78 is 0. The molecule has 84 valence electrons. The molecule has 0 spiro atoms. The summed E-state index contributed by atoms with van der Waals surface area (Å²) >= 11 is 0. The molecule has 3 nitrogen and oxygen atoms in total. The first-order valence-electron chi connectivity index (χ1n) is 5.80. The minimum absolute atomic E-state index is 0.259. The molecular weight excluding hydrogens is 176 g/mol. The van der Waals surface area contributed by atoms with Gasteiger partial charge in [0.25, 0.3) is 0 Å². The maximum Gasteiger partial charge on any atom is 0.0584 e. The monoisotopic (exact) mass is 200 g/mol. The van der Waals surface area contributed by atoms with E-state index in [2.05, 4.69) is 24.5 Å². The van der Waals surface area contributed by atoms with Gasteiger partial charge in [-0.2, -0.15) is 0 Å². The van der Waals surface area contributed by atoms with E-state index in [1.54, 1.807) is 0 Å². The Kier molecular flexibility index (Phi) is 5.45. The van der Waals surface area contributed by atoms with Crippen LogP contribution >= 0.6 is 0 Å². The molecule has 0 aromatic carbocycles. The summed E-state index contributed by atoms with van der Waals surface area (Å²) in [5.74, 6) is 0.649. The molecular formula is C11H24N2O. The highest BCUT2D eigenvalue weighted by Gasteiger charge is 2.17. The van der Waals surface area contributed by atoms with E-state index >= 15 is 0 Å². The van der Waals surface area contributed by atoms with E-state index in [0.717, 1.165) is 19.5 Å². The van der Waals surface area contributed by atoms with Gasteiger partial charge in [0.05, 0.1) is 6.61 Å². The molecule has 3 heteroatoms. The number of piperidine rings is 1. The summed E-state index contributed by atoms with van der Waals surface area (Å²) in [5.41, 5.74) is 0. The lowest BCUT2D eigenvalue weighted by Gasteiger charge is -2.29. The third kappa shape index (κ3) is 4.40. The van der Waals surface area contributed by atoms with Gasteiger partial charge < -0.3 is 15.7 Å². The van der Waals surface area contributed by atoms with Gasteiger partial charge in [0.2, 0.25) is 0 Å². The topological polar surface area (TPSA) is 44.3 Å². The highest BCUT2D eigenvalue weighted by molar-refractivity contribution is 4.79. The van der Waals surface area contributed by atoms with Gasteiger partial charge in [-0.25, -0.2) is 0 Å². The van der Waals surface area contributed by atoms with Crippen molar-refractivity contribution < 1.29 is 5.11 Å². The van der Waals surface area contributed by atoms with Crippen LogP contribution in [-0.4, -0.2) is 36.9 Å². The SMILES string of the molecule is CC(C)CC(CO)NC1CCCNC1. The van der Waals surface area contributed by atoms with Crippen molar-refractivity contribution in [2.24, 2.45) is 5.92 Å². The van der Waals surface area contributed by atoms with Crippen molar-refractivity contribution in [2.75, 3.05) is 19.7 Å². The van der Waals surface area contributed by atoms with Gasteiger partial charge in [-0.05, 0) is 31.7 Å². The molecule has 14 heavy (non-hydrogen) atoms. The Morgan fingerprint density at radius 3 is 2.79 bits per heavy atom. The summed E-state index contributed by atoms with van der Waals surface area (Å²) in [4.78, 5) is 0. The van der Waals surface area contributed by atoms with E-state index in [0.29, 0.717) is 12.0 Å². The van der Waals surface area contributed by atoms with Crippen LogP contribution in [0.25, 0.3) is 0 Å². The third-order valence-corrected chi connectivity index (χ3v) is 2.74. The van der Waals surface area contributed by atoms with Crippen molar-refractivity contribution in [3.8, 4) is 0 Å². The Hall–Kier alpha value is -0.120. The van der Waals surface area contributed by atoms with Gasteiger partial charge in [0.15, 0.2) is 0 Å². The number of nitrogens with one attached hydrogen (secondary N) is 2. The van der Waals surface area contributed by atoms with Crippen LogP contribution in [0.3, 0.4) is 0 Å². The lowest BCUT2D eigenvalue weighted by molar-refractivity contribution is 0.204. The first-order chi connectivity index (χ1) is 6.72. The summed E-state index contributed by atoms with van der Waals surface area (Å²) in [7, 11) is 0. The van der Waals surface area contributed by atoms with E-state index in [9.17, 15) is 5.11 Å². The first kappa shape index (κ1) is 12.0. The van der Waals surface area contributed by atoms with Crippen LogP contribution in [0.15, 0.2) is 0 Å². The number of rotatable bonds is 5. The zero-order valence-electron chi connectivity index (χ0n) is 9.42. The largest absolute Gasteiger partial charge is 0.395 e. The minimum atomic E-state index is 0.259. The molecule has 0 aliphatic carbocycles. The molecule has 1 rings (SSSR count). The molecule has 0 aromatic heterocycles. The van der Waals surface area contributed by atoms with E-state index in [-0.39, 0.29) is 12.6 Å².